The Bertz CT molecular complexity index is 507. The number of hydrogen-bond acceptors (Lipinski definition) is 4. The van der Waals surface area contributed by atoms with Crippen molar-refractivity contribution in [3.63, 3.8) is 0 Å². The third-order valence-electron chi connectivity index (χ3n) is 2.78. The largest absolute Gasteiger partial charge is 0.307 e. The Morgan fingerprint density at radius 2 is 2.11 bits per heavy atom. The first-order chi connectivity index (χ1) is 8.99. The van der Waals surface area contributed by atoms with Gasteiger partial charge in [-0.15, -0.1) is 22.7 Å². The van der Waals surface area contributed by atoms with Gasteiger partial charge in [0.25, 0.3) is 0 Å². The molecule has 0 aliphatic carbocycles. The first-order valence-corrected chi connectivity index (χ1v) is 8.46. The molecule has 2 heterocycles. The van der Waals surface area contributed by atoms with Crippen LogP contribution in [0.2, 0.25) is 0 Å². The Morgan fingerprint density at radius 1 is 1.32 bits per heavy atom. The van der Waals surface area contributed by atoms with Crippen molar-refractivity contribution in [2.75, 3.05) is 0 Å². The summed E-state index contributed by atoms with van der Waals surface area (Å²) in [4.78, 5) is 7.50. The molecular weight excluding hydrogens is 272 g/mol. The molecule has 0 saturated heterocycles. The summed E-state index contributed by atoms with van der Waals surface area (Å²) in [6.45, 7) is 9.74. The minimum atomic E-state index is 0.149. The first-order valence-electron chi connectivity index (χ1n) is 6.77. The van der Waals surface area contributed by atoms with Gasteiger partial charge in [0.15, 0.2) is 0 Å². The van der Waals surface area contributed by atoms with Crippen LogP contribution in [-0.2, 0) is 13.0 Å². The molecule has 2 aromatic rings. The van der Waals surface area contributed by atoms with Crippen molar-refractivity contribution in [3.05, 3.63) is 28.1 Å². The molecular formula is C15H22N2S2. The maximum atomic E-state index is 4.83. The molecule has 0 spiro atoms. The van der Waals surface area contributed by atoms with Gasteiger partial charge in [-0.05, 0) is 38.6 Å². The van der Waals surface area contributed by atoms with Crippen LogP contribution in [0, 0.1) is 0 Å². The molecule has 0 aliphatic heterocycles. The van der Waals surface area contributed by atoms with E-state index in [0.29, 0.717) is 0 Å². The molecule has 4 heteroatoms. The molecule has 0 amide bonds. The number of nitrogens with zero attached hydrogens (tertiary/aromatic N) is 1. The normalized spacial score (nSPS) is 12.0. The van der Waals surface area contributed by atoms with E-state index in [1.807, 2.05) is 11.3 Å². The van der Waals surface area contributed by atoms with E-state index in [0.717, 1.165) is 19.4 Å². The van der Waals surface area contributed by atoms with Gasteiger partial charge in [0.05, 0.1) is 10.6 Å². The summed E-state index contributed by atoms with van der Waals surface area (Å²) in [7, 11) is 0. The SMILES string of the molecule is CCCc1nc(-c2cccs2)sc1CNC(C)(C)C. The van der Waals surface area contributed by atoms with Gasteiger partial charge >= 0.3 is 0 Å². The molecule has 0 unspecified atom stereocenters. The Balaban J connectivity index is 2.21. The lowest BCUT2D eigenvalue weighted by atomic mass is 10.1. The quantitative estimate of drug-likeness (QED) is 0.863. The van der Waals surface area contributed by atoms with E-state index in [4.69, 9.17) is 4.98 Å². The molecule has 1 N–H and O–H groups in total. The number of aromatic nitrogens is 1. The van der Waals surface area contributed by atoms with Gasteiger partial charge in [0, 0.05) is 17.0 Å². The zero-order valence-corrected chi connectivity index (χ0v) is 13.8. The fourth-order valence-corrected chi connectivity index (χ4v) is 3.65. The average Bonchev–Trinajstić information content (AvgIpc) is 2.94. The molecule has 0 radical (unpaired) electrons. The maximum absolute atomic E-state index is 4.83. The predicted octanol–water partition coefficient (Wildman–Crippen LogP) is 4.71. The predicted molar refractivity (Wildman–Crippen MR) is 86.0 cm³/mol. The monoisotopic (exact) mass is 294 g/mol. The maximum Gasteiger partial charge on any atom is 0.133 e. The molecule has 0 bridgehead atoms. The molecule has 2 aromatic heterocycles. The summed E-state index contributed by atoms with van der Waals surface area (Å²) in [5.41, 5.74) is 1.42. The van der Waals surface area contributed by atoms with Crippen LogP contribution >= 0.6 is 22.7 Å². The number of rotatable bonds is 5. The lowest BCUT2D eigenvalue weighted by Crippen LogP contribution is -2.35. The van der Waals surface area contributed by atoms with Crippen LogP contribution in [0.5, 0.6) is 0 Å². The number of aryl methyl sites for hydroxylation is 1. The highest BCUT2D eigenvalue weighted by Crippen LogP contribution is 2.32. The zero-order valence-electron chi connectivity index (χ0n) is 12.1. The van der Waals surface area contributed by atoms with E-state index in [9.17, 15) is 0 Å². The molecule has 0 aliphatic rings. The molecule has 0 saturated carbocycles. The standard InChI is InChI=1S/C15H22N2S2/c1-5-7-11-13(10-16-15(2,3)4)19-14(17-11)12-8-6-9-18-12/h6,8-9,16H,5,7,10H2,1-4H3. The van der Waals surface area contributed by atoms with Crippen molar-refractivity contribution < 1.29 is 0 Å². The highest BCUT2D eigenvalue weighted by Gasteiger charge is 2.15. The van der Waals surface area contributed by atoms with Crippen LogP contribution < -0.4 is 5.32 Å². The van der Waals surface area contributed by atoms with E-state index in [1.165, 1.54) is 20.5 Å². The lowest BCUT2D eigenvalue weighted by Gasteiger charge is -2.20. The van der Waals surface area contributed by atoms with Gasteiger partial charge in [0.2, 0.25) is 0 Å². The zero-order chi connectivity index (χ0) is 13.9. The fourth-order valence-electron chi connectivity index (χ4n) is 1.80. The van der Waals surface area contributed by atoms with Crippen LogP contribution in [0.1, 0.15) is 44.7 Å². The van der Waals surface area contributed by atoms with Gasteiger partial charge in [-0.3, -0.25) is 0 Å². The number of hydrogen-bond donors (Lipinski definition) is 1. The number of thiophene rings is 1. The Hall–Kier alpha value is -0.710. The smallest absolute Gasteiger partial charge is 0.133 e. The van der Waals surface area contributed by atoms with Crippen LogP contribution in [0.15, 0.2) is 17.5 Å². The Labute approximate surface area is 123 Å². The highest BCUT2D eigenvalue weighted by atomic mass is 32.1. The molecule has 2 nitrogen and oxygen atoms in total. The second kappa shape index (κ2) is 6.16. The van der Waals surface area contributed by atoms with Gasteiger partial charge in [0.1, 0.15) is 5.01 Å². The van der Waals surface area contributed by atoms with Gasteiger partial charge in [-0.2, -0.15) is 0 Å². The summed E-state index contributed by atoms with van der Waals surface area (Å²) in [5, 5.41) is 6.85. The topological polar surface area (TPSA) is 24.9 Å². The van der Waals surface area contributed by atoms with Crippen molar-refractivity contribution in [1.29, 1.82) is 0 Å². The first kappa shape index (κ1) is 14.7. The van der Waals surface area contributed by atoms with Crippen LogP contribution in [0.25, 0.3) is 9.88 Å². The lowest BCUT2D eigenvalue weighted by molar-refractivity contribution is 0.425. The molecule has 19 heavy (non-hydrogen) atoms. The van der Waals surface area contributed by atoms with Crippen molar-refractivity contribution >= 4 is 22.7 Å². The van der Waals surface area contributed by atoms with Crippen molar-refractivity contribution in [1.82, 2.24) is 10.3 Å². The number of nitrogens with one attached hydrogen (secondary N) is 1. The summed E-state index contributed by atoms with van der Waals surface area (Å²) < 4.78 is 0. The third kappa shape index (κ3) is 4.13. The van der Waals surface area contributed by atoms with Gasteiger partial charge in [-0.1, -0.05) is 19.4 Å². The molecule has 2 rings (SSSR count). The second-order valence-electron chi connectivity index (χ2n) is 5.72. The minimum Gasteiger partial charge on any atom is -0.307 e. The highest BCUT2D eigenvalue weighted by molar-refractivity contribution is 7.21. The second-order valence-corrected chi connectivity index (χ2v) is 7.75. The van der Waals surface area contributed by atoms with E-state index < -0.39 is 0 Å². The van der Waals surface area contributed by atoms with E-state index >= 15 is 0 Å². The molecule has 0 atom stereocenters. The summed E-state index contributed by atoms with van der Waals surface area (Å²) in [6.07, 6.45) is 2.22. The van der Waals surface area contributed by atoms with E-state index in [1.54, 1.807) is 11.3 Å². The molecule has 104 valence electrons. The average molecular weight is 294 g/mol. The van der Waals surface area contributed by atoms with Crippen LogP contribution in [0.3, 0.4) is 0 Å². The number of thiazole rings is 1. The van der Waals surface area contributed by atoms with Crippen molar-refractivity contribution in [3.8, 4) is 9.88 Å². The van der Waals surface area contributed by atoms with Crippen LogP contribution in [-0.4, -0.2) is 10.5 Å². The minimum absolute atomic E-state index is 0.149. The summed E-state index contributed by atoms with van der Waals surface area (Å²) >= 11 is 3.60. The molecule has 0 fully saturated rings. The Kier molecular flexibility index (Phi) is 4.76. The van der Waals surface area contributed by atoms with Crippen molar-refractivity contribution in [2.45, 2.75) is 52.6 Å². The van der Waals surface area contributed by atoms with Crippen molar-refractivity contribution in [2.24, 2.45) is 0 Å². The van der Waals surface area contributed by atoms with Gasteiger partial charge in [-0.25, -0.2) is 4.98 Å². The van der Waals surface area contributed by atoms with Crippen LogP contribution in [0.4, 0.5) is 0 Å². The Morgan fingerprint density at radius 3 is 2.68 bits per heavy atom. The molecule has 0 aromatic carbocycles. The third-order valence-corrected chi connectivity index (χ3v) is 4.91. The summed E-state index contributed by atoms with van der Waals surface area (Å²) in [6, 6.07) is 4.24. The fraction of sp³-hybridized carbons (Fsp3) is 0.533. The van der Waals surface area contributed by atoms with E-state index in [-0.39, 0.29) is 5.54 Å². The van der Waals surface area contributed by atoms with Gasteiger partial charge < -0.3 is 5.32 Å². The summed E-state index contributed by atoms with van der Waals surface area (Å²) in [5.74, 6) is 0. The van der Waals surface area contributed by atoms with E-state index in [2.05, 4.69) is 50.5 Å².